The van der Waals surface area contributed by atoms with E-state index < -0.39 is 17.5 Å². The van der Waals surface area contributed by atoms with Gasteiger partial charge >= 0.3 is 6.18 Å². The molecule has 6 nitrogen and oxygen atoms in total. The standard InChI is InChI=1S/C22H22F3N5O/c23-22(24,25)21(5-6-21)18(15-2-1-7-27-11-15)10-20(31)28-13-17(26)9-14-3-4-19-16(8-14)12-29-30-19/h1-4,7-8,10-12,17H,5-6,9,13,26H2,(H,28,31)(H,29,30)/t17-/m0/s1. The third-order valence-electron chi connectivity index (χ3n) is 5.60. The summed E-state index contributed by atoms with van der Waals surface area (Å²) in [6.45, 7) is 0.137. The van der Waals surface area contributed by atoms with Crippen molar-refractivity contribution in [3.05, 3.63) is 66.1 Å². The molecule has 0 aliphatic heterocycles. The van der Waals surface area contributed by atoms with Gasteiger partial charge in [-0.3, -0.25) is 14.9 Å². The molecule has 162 valence electrons. The summed E-state index contributed by atoms with van der Waals surface area (Å²) in [5.41, 5.74) is 6.29. The molecule has 1 aliphatic rings. The van der Waals surface area contributed by atoms with Crippen LogP contribution in [0.5, 0.6) is 0 Å². The molecule has 2 heterocycles. The van der Waals surface area contributed by atoms with Gasteiger partial charge in [0.25, 0.3) is 0 Å². The number of nitrogens with two attached hydrogens (primary N) is 1. The molecule has 1 saturated carbocycles. The van der Waals surface area contributed by atoms with Crippen molar-refractivity contribution in [3.63, 3.8) is 0 Å². The van der Waals surface area contributed by atoms with Crippen molar-refractivity contribution in [1.29, 1.82) is 0 Å². The number of benzene rings is 1. The Hall–Kier alpha value is -3.20. The lowest BCUT2D eigenvalue weighted by Gasteiger charge is -2.23. The number of pyridine rings is 1. The molecule has 1 aliphatic carbocycles. The first-order valence-electron chi connectivity index (χ1n) is 9.93. The van der Waals surface area contributed by atoms with Crippen LogP contribution in [0.3, 0.4) is 0 Å². The number of H-pyrrole nitrogens is 1. The zero-order valence-corrected chi connectivity index (χ0v) is 16.6. The Morgan fingerprint density at radius 3 is 2.77 bits per heavy atom. The maximum absolute atomic E-state index is 13.7. The fourth-order valence-corrected chi connectivity index (χ4v) is 3.76. The maximum atomic E-state index is 13.7. The number of carbonyl (C=O) groups is 1. The quantitative estimate of drug-likeness (QED) is 0.502. The molecule has 3 aromatic rings. The van der Waals surface area contributed by atoms with Gasteiger partial charge in [-0.05, 0) is 54.2 Å². The van der Waals surface area contributed by atoms with Gasteiger partial charge in [0.2, 0.25) is 5.91 Å². The summed E-state index contributed by atoms with van der Waals surface area (Å²) in [7, 11) is 0. The van der Waals surface area contributed by atoms with Crippen LogP contribution in [-0.2, 0) is 11.2 Å². The zero-order chi connectivity index (χ0) is 22.1. The molecule has 1 amide bonds. The van der Waals surface area contributed by atoms with E-state index in [0.29, 0.717) is 12.0 Å². The molecule has 4 rings (SSSR count). The molecule has 1 fully saturated rings. The molecule has 1 atom stereocenters. The van der Waals surface area contributed by atoms with Gasteiger partial charge in [0.15, 0.2) is 0 Å². The van der Waals surface area contributed by atoms with Gasteiger partial charge in [0.05, 0.1) is 17.1 Å². The van der Waals surface area contributed by atoms with Crippen molar-refractivity contribution >= 4 is 22.4 Å². The third-order valence-corrected chi connectivity index (χ3v) is 5.60. The fourth-order valence-electron chi connectivity index (χ4n) is 3.76. The summed E-state index contributed by atoms with van der Waals surface area (Å²) in [4.78, 5) is 16.4. The molecule has 2 aromatic heterocycles. The van der Waals surface area contributed by atoms with E-state index in [0.717, 1.165) is 22.5 Å². The molecule has 1 aromatic carbocycles. The average molecular weight is 429 g/mol. The summed E-state index contributed by atoms with van der Waals surface area (Å²) in [5, 5.41) is 10.4. The van der Waals surface area contributed by atoms with E-state index in [-0.39, 0.29) is 31.0 Å². The fraction of sp³-hybridized carbons (Fsp3) is 0.318. The van der Waals surface area contributed by atoms with E-state index in [1.54, 1.807) is 12.3 Å². The highest BCUT2D eigenvalue weighted by Crippen LogP contribution is 2.64. The van der Waals surface area contributed by atoms with Crippen molar-refractivity contribution in [2.75, 3.05) is 6.54 Å². The van der Waals surface area contributed by atoms with E-state index in [1.165, 1.54) is 18.5 Å². The predicted octanol–water partition coefficient (Wildman–Crippen LogP) is 3.37. The largest absolute Gasteiger partial charge is 0.398 e. The summed E-state index contributed by atoms with van der Waals surface area (Å²) >= 11 is 0. The molecule has 0 spiro atoms. The Morgan fingerprint density at radius 2 is 2.10 bits per heavy atom. The number of rotatable bonds is 7. The number of aromatic nitrogens is 3. The highest BCUT2D eigenvalue weighted by Gasteiger charge is 2.65. The number of aromatic amines is 1. The van der Waals surface area contributed by atoms with Crippen LogP contribution in [0.15, 0.2) is 55.0 Å². The Balaban J connectivity index is 1.44. The number of amides is 1. The van der Waals surface area contributed by atoms with Gasteiger partial charge in [-0.1, -0.05) is 12.1 Å². The predicted molar refractivity (Wildman–Crippen MR) is 111 cm³/mol. The minimum atomic E-state index is -4.43. The molecule has 0 radical (unpaired) electrons. The van der Waals surface area contributed by atoms with Crippen LogP contribution in [0.1, 0.15) is 24.0 Å². The Morgan fingerprint density at radius 1 is 1.29 bits per heavy atom. The van der Waals surface area contributed by atoms with Crippen molar-refractivity contribution in [2.24, 2.45) is 11.1 Å². The number of carbonyl (C=O) groups excluding carboxylic acids is 1. The molecule has 0 unspecified atom stereocenters. The zero-order valence-electron chi connectivity index (χ0n) is 16.6. The van der Waals surface area contributed by atoms with Gasteiger partial charge in [0.1, 0.15) is 0 Å². The van der Waals surface area contributed by atoms with Crippen molar-refractivity contribution in [3.8, 4) is 0 Å². The van der Waals surface area contributed by atoms with E-state index in [4.69, 9.17) is 5.73 Å². The molecule has 31 heavy (non-hydrogen) atoms. The molecule has 9 heteroatoms. The molecule has 0 bridgehead atoms. The van der Waals surface area contributed by atoms with Crippen molar-refractivity contribution in [2.45, 2.75) is 31.5 Å². The smallest absolute Gasteiger partial charge is 0.351 e. The average Bonchev–Trinajstić information content (AvgIpc) is 3.43. The second-order valence-electron chi connectivity index (χ2n) is 7.88. The lowest BCUT2D eigenvalue weighted by Crippen LogP contribution is -2.38. The number of hydrogen-bond acceptors (Lipinski definition) is 4. The van der Waals surface area contributed by atoms with Gasteiger partial charge in [-0.25, -0.2) is 0 Å². The molecular weight excluding hydrogens is 407 g/mol. The number of hydrogen-bond donors (Lipinski definition) is 3. The normalized spacial score (nSPS) is 16.8. The number of fused-ring (bicyclic) bond motifs is 1. The van der Waals surface area contributed by atoms with E-state index in [2.05, 4.69) is 20.5 Å². The van der Waals surface area contributed by atoms with Crippen LogP contribution in [0.4, 0.5) is 13.2 Å². The van der Waals surface area contributed by atoms with Gasteiger partial charge in [0, 0.05) is 36.4 Å². The minimum Gasteiger partial charge on any atom is -0.351 e. The van der Waals surface area contributed by atoms with Gasteiger partial charge < -0.3 is 11.1 Å². The summed E-state index contributed by atoms with van der Waals surface area (Å²) < 4.78 is 41.1. The first kappa shape index (κ1) is 21.0. The maximum Gasteiger partial charge on any atom is 0.398 e. The second kappa shape index (κ2) is 8.14. The monoisotopic (exact) mass is 429 g/mol. The lowest BCUT2D eigenvalue weighted by atomic mass is 9.89. The minimum absolute atomic E-state index is 0.0412. The topological polar surface area (TPSA) is 96.7 Å². The van der Waals surface area contributed by atoms with Crippen molar-refractivity contribution < 1.29 is 18.0 Å². The number of nitrogens with one attached hydrogen (secondary N) is 2. The number of halogens is 3. The second-order valence-corrected chi connectivity index (χ2v) is 7.88. The van der Waals surface area contributed by atoms with Crippen LogP contribution in [0.25, 0.3) is 16.5 Å². The summed E-state index contributed by atoms with van der Waals surface area (Å²) in [6, 6.07) is 8.49. The first-order chi connectivity index (χ1) is 14.8. The number of allylic oxidation sites excluding steroid dienone is 1. The van der Waals surface area contributed by atoms with Crippen LogP contribution in [-0.4, -0.2) is 39.9 Å². The third kappa shape index (κ3) is 4.46. The molecular formula is C22H22F3N5O. The Kier molecular flexibility index (Phi) is 5.53. The van der Waals surface area contributed by atoms with E-state index in [1.807, 2.05) is 18.2 Å². The lowest BCUT2D eigenvalue weighted by molar-refractivity contribution is -0.168. The highest BCUT2D eigenvalue weighted by atomic mass is 19.4. The van der Waals surface area contributed by atoms with Gasteiger partial charge in [-0.2, -0.15) is 18.3 Å². The van der Waals surface area contributed by atoms with E-state index in [9.17, 15) is 18.0 Å². The summed E-state index contributed by atoms with van der Waals surface area (Å²) in [6.07, 6.45) is 1.58. The first-order valence-corrected chi connectivity index (χ1v) is 9.93. The van der Waals surface area contributed by atoms with Crippen molar-refractivity contribution in [1.82, 2.24) is 20.5 Å². The highest BCUT2D eigenvalue weighted by molar-refractivity contribution is 5.97. The number of alkyl halides is 3. The summed E-state index contributed by atoms with van der Waals surface area (Å²) in [5.74, 6) is -0.602. The number of nitrogens with zero attached hydrogens (tertiary/aromatic N) is 2. The van der Waals surface area contributed by atoms with Crippen LogP contribution in [0, 0.1) is 5.41 Å². The van der Waals surface area contributed by atoms with Crippen LogP contribution in [0.2, 0.25) is 0 Å². The van der Waals surface area contributed by atoms with Crippen LogP contribution < -0.4 is 11.1 Å². The van der Waals surface area contributed by atoms with Gasteiger partial charge in [-0.15, -0.1) is 0 Å². The Labute approximate surface area is 176 Å². The SMILES string of the molecule is N[C@H](CNC(=O)C=C(c1cccnc1)C1(C(F)(F)F)CC1)Cc1ccc2[nH]ncc2c1. The Bertz CT molecular complexity index is 1100. The van der Waals surface area contributed by atoms with E-state index >= 15 is 0 Å². The molecule has 4 N–H and O–H groups in total. The van der Waals surface area contributed by atoms with Crippen LogP contribution >= 0.6 is 0 Å². The molecule has 0 saturated heterocycles.